The molecule has 2 fully saturated rings. The average Bonchev–Trinajstić information content (AvgIpc) is 2.47. The Hall–Kier alpha value is -0.310. The third-order valence-corrected chi connectivity index (χ3v) is 7.52. The maximum absolute atomic E-state index is 12.8. The van der Waals surface area contributed by atoms with Crippen LogP contribution >= 0.6 is 11.8 Å². The van der Waals surface area contributed by atoms with Crippen LogP contribution in [-0.2, 0) is 15.0 Å². The van der Waals surface area contributed by atoms with Gasteiger partial charge in [-0.3, -0.25) is 4.79 Å². The van der Waals surface area contributed by atoms with Crippen LogP contribution in [-0.4, -0.2) is 65.3 Å². The Labute approximate surface area is 131 Å². The van der Waals surface area contributed by atoms with E-state index in [4.69, 9.17) is 5.11 Å². The lowest BCUT2D eigenvalue weighted by Gasteiger charge is -2.39. The average molecular weight is 336 g/mol. The molecule has 2 aliphatic rings. The van der Waals surface area contributed by atoms with E-state index in [1.54, 1.807) is 18.8 Å². The largest absolute Gasteiger partial charge is 0.481 e. The molecule has 1 aliphatic carbocycles. The summed E-state index contributed by atoms with van der Waals surface area (Å²) in [5, 5.41) is 8.99. The van der Waals surface area contributed by atoms with Crippen LogP contribution in [0.15, 0.2) is 0 Å². The van der Waals surface area contributed by atoms with Crippen LogP contribution in [0.3, 0.4) is 0 Å². The van der Waals surface area contributed by atoms with Crippen LogP contribution in [0.4, 0.5) is 0 Å². The summed E-state index contributed by atoms with van der Waals surface area (Å²) in [6.07, 6.45) is 5.00. The third-order valence-electron chi connectivity index (χ3n) is 4.33. The van der Waals surface area contributed by atoms with Crippen LogP contribution in [0.5, 0.6) is 0 Å². The van der Waals surface area contributed by atoms with Gasteiger partial charge in [0, 0.05) is 37.2 Å². The van der Waals surface area contributed by atoms with Gasteiger partial charge in [0.15, 0.2) is 0 Å². The minimum atomic E-state index is -3.57. The Morgan fingerprint density at radius 2 is 2.00 bits per heavy atom. The Bertz CT molecular complexity index is 463. The first-order valence-electron chi connectivity index (χ1n) is 7.47. The van der Waals surface area contributed by atoms with Crippen molar-refractivity contribution in [3.05, 3.63) is 0 Å². The van der Waals surface area contributed by atoms with Crippen LogP contribution < -0.4 is 0 Å². The summed E-state index contributed by atoms with van der Waals surface area (Å²) in [6, 6.07) is -0.374. The van der Waals surface area contributed by atoms with Gasteiger partial charge in [0.1, 0.15) is 0 Å². The molecule has 1 saturated carbocycles. The number of thioether (sulfide) groups is 1. The van der Waals surface area contributed by atoms with E-state index in [0.29, 0.717) is 12.3 Å². The number of hydrogen-bond donors (Lipinski definition) is 1. The van der Waals surface area contributed by atoms with Crippen molar-refractivity contribution in [2.24, 2.45) is 0 Å². The van der Waals surface area contributed by atoms with Crippen molar-refractivity contribution in [3.63, 3.8) is 0 Å². The highest BCUT2D eigenvalue weighted by atomic mass is 32.2. The summed E-state index contributed by atoms with van der Waals surface area (Å²) < 4.78 is 28.5. The number of carboxylic acids is 1. The summed E-state index contributed by atoms with van der Waals surface area (Å²) in [5.41, 5.74) is 0. The topological polar surface area (TPSA) is 77.9 Å². The predicted octanol–water partition coefficient (Wildman–Crippen LogP) is 1.39. The zero-order chi connectivity index (χ0) is 15.5. The van der Waals surface area contributed by atoms with Gasteiger partial charge >= 0.3 is 5.97 Å². The molecule has 8 heteroatoms. The van der Waals surface area contributed by atoms with Crippen molar-refractivity contribution >= 4 is 27.9 Å². The second kappa shape index (κ2) is 7.30. The van der Waals surface area contributed by atoms with E-state index in [0.717, 1.165) is 31.4 Å². The lowest BCUT2D eigenvalue weighted by molar-refractivity contribution is -0.137. The monoisotopic (exact) mass is 336 g/mol. The van der Waals surface area contributed by atoms with E-state index >= 15 is 0 Å². The van der Waals surface area contributed by atoms with Crippen molar-refractivity contribution in [2.75, 3.05) is 25.1 Å². The van der Waals surface area contributed by atoms with E-state index in [1.165, 1.54) is 15.0 Å². The molecule has 1 saturated heterocycles. The van der Waals surface area contributed by atoms with E-state index in [1.807, 2.05) is 0 Å². The van der Waals surface area contributed by atoms with Crippen molar-refractivity contribution in [1.29, 1.82) is 0 Å². The molecule has 1 atom stereocenters. The predicted molar refractivity (Wildman–Crippen MR) is 83.6 cm³/mol. The van der Waals surface area contributed by atoms with E-state index in [2.05, 4.69) is 0 Å². The molecule has 1 N–H and O–H groups in total. The number of rotatable bonds is 5. The molecular weight excluding hydrogens is 312 g/mol. The van der Waals surface area contributed by atoms with Gasteiger partial charge in [0.05, 0.1) is 6.42 Å². The molecule has 1 heterocycles. The minimum absolute atomic E-state index is 0.0591. The van der Waals surface area contributed by atoms with Crippen LogP contribution in [0.2, 0.25) is 0 Å². The quantitative estimate of drug-likeness (QED) is 0.821. The van der Waals surface area contributed by atoms with Gasteiger partial charge in [-0.05, 0) is 12.8 Å². The Balaban J connectivity index is 2.12. The first-order valence-corrected chi connectivity index (χ1v) is 10.0. The highest BCUT2D eigenvalue weighted by molar-refractivity contribution is 7.99. The van der Waals surface area contributed by atoms with Crippen molar-refractivity contribution in [3.8, 4) is 0 Å². The SMILES string of the molecule is CN(C1CCCCC1)S(=O)(=O)N1CCSCC1CC(=O)O. The fourth-order valence-electron chi connectivity index (χ4n) is 3.10. The van der Waals surface area contributed by atoms with Gasteiger partial charge in [-0.1, -0.05) is 19.3 Å². The Morgan fingerprint density at radius 1 is 1.33 bits per heavy atom. The highest BCUT2D eigenvalue weighted by Gasteiger charge is 2.38. The number of aliphatic carboxylic acids is 1. The molecule has 0 bridgehead atoms. The summed E-state index contributed by atoms with van der Waals surface area (Å²) in [7, 11) is -1.92. The van der Waals surface area contributed by atoms with Crippen LogP contribution in [0.25, 0.3) is 0 Å². The molecule has 1 unspecified atom stereocenters. The fourth-order valence-corrected chi connectivity index (χ4v) is 6.14. The molecule has 2 rings (SSSR count). The molecule has 0 aromatic heterocycles. The van der Waals surface area contributed by atoms with Gasteiger partial charge in [-0.2, -0.15) is 28.8 Å². The third kappa shape index (κ3) is 4.12. The van der Waals surface area contributed by atoms with Crippen molar-refractivity contribution in [1.82, 2.24) is 8.61 Å². The second-order valence-corrected chi connectivity index (χ2v) is 8.84. The molecule has 0 amide bonds. The number of nitrogens with zero attached hydrogens (tertiary/aromatic N) is 2. The van der Waals surface area contributed by atoms with Gasteiger partial charge in [-0.25, -0.2) is 0 Å². The molecule has 122 valence electrons. The van der Waals surface area contributed by atoms with E-state index in [-0.39, 0.29) is 12.5 Å². The summed E-state index contributed by atoms with van der Waals surface area (Å²) in [5.74, 6) is 0.348. The summed E-state index contributed by atoms with van der Waals surface area (Å²) >= 11 is 1.62. The molecule has 0 radical (unpaired) electrons. The molecular formula is C13H24N2O4S2. The maximum Gasteiger partial charge on any atom is 0.305 e. The molecule has 21 heavy (non-hydrogen) atoms. The normalized spacial score (nSPS) is 26.1. The fraction of sp³-hybridized carbons (Fsp3) is 0.923. The van der Waals surface area contributed by atoms with Gasteiger partial charge in [-0.15, -0.1) is 0 Å². The number of hydrogen-bond acceptors (Lipinski definition) is 4. The standard InChI is InChI=1S/C13H24N2O4S2/c1-14(11-5-3-2-4-6-11)21(18,19)15-7-8-20-10-12(15)9-13(16)17/h11-12H,2-10H2,1H3,(H,16,17). The molecule has 6 nitrogen and oxygen atoms in total. The second-order valence-electron chi connectivity index (χ2n) is 5.75. The summed E-state index contributed by atoms with van der Waals surface area (Å²) in [6.45, 7) is 0.405. The molecule has 0 spiro atoms. The van der Waals surface area contributed by atoms with Crippen molar-refractivity contribution in [2.45, 2.75) is 50.6 Å². The highest BCUT2D eigenvalue weighted by Crippen LogP contribution is 2.28. The van der Waals surface area contributed by atoms with Crippen LogP contribution in [0.1, 0.15) is 38.5 Å². The van der Waals surface area contributed by atoms with E-state index in [9.17, 15) is 13.2 Å². The van der Waals surface area contributed by atoms with Crippen LogP contribution in [0, 0.1) is 0 Å². The zero-order valence-corrected chi connectivity index (χ0v) is 14.0. The smallest absolute Gasteiger partial charge is 0.305 e. The van der Waals surface area contributed by atoms with Crippen molar-refractivity contribution < 1.29 is 18.3 Å². The zero-order valence-electron chi connectivity index (χ0n) is 12.4. The molecule has 1 aliphatic heterocycles. The number of carbonyl (C=O) groups is 1. The Morgan fingerprint density at radius 3 is 2.62 bits per heavy atom. The van der Waals surface area contributed by atoms with Gasteiger partial charge in [0.2, 0.25) is 0 Å². The summed E-state index contributed by atoms with van der Waals surface area (Å²) in [4.78, 5) is 11.0. The first-order chi connectivity index (χ1) is 9.93. The first kappa shape index (κ1) is 17.1. The van der Waals surface area contributed by atoms with E-state index < -0.39 is 22.2 Å². The maximum atomic E-state index is 12.8. The Kier molecular flexibility index (Phi) is 5.93. The van der Waals surface area contributed by atoms with Gasteiger partial charge in [0.25, 0.3) is 10.2 Å². The van der Waals surface area contributed by atoms with Gasteiger partial charge < -0.3 is 5.11 Å². The molecule has 0 aromatic rings. The lowest BCUT2D eigenvalue weighted by Crippen LogP contribution is -2.54. The molecule has 0 aromatic carbocycles. The minimum Gasteiger partial charge on any atom is -0.481 e. The number of carboxylic acid groups (broad SMARTS) is 1. The lowest BCUT2D eigenvalue weighted by atomic mass is 9.96.